The Kier molecular flexibility index (Phi) is 3.85. The van der Waals surface area contributed by atoms with E-state index in [0.717, 1.165) is 40.6 Å². The number of hydrogen-bond donors (Lipinski definition) is 2. The average molecular weight is 285 g/mol. The third-order valence-electron chi connectivity index (χ3n) is 2.96. The molecule has 0 saturated heterocycles. The summed E-state index contributed by atoms with van der Waals surface area (Å²) >= 11 is 1.67. The summed E-state index contributed by atoms with van der Waals surface area (Å²) in [6, 6.07) is 3.94. The molecule has 0 atom stereocenters. The Morgan fingerprint density at radius 1 is 1.30 bits per heavy atom. The lowest BCUT2D eigenvalue weighted by Gasteiger charge is -2.04. The van der Waals surface area contributed by atoms with E-state index in [9.17, 15) is 0 Å². The van der Waals surface area contributed by atoms with Gasteiger partial charge in [-0.05, 0) is 19.1 Å². The van der Waals surface area contributed by atoms with E-state index < -0.39 is 0 Å². The highest BCUT2D eigenvalue weighted by molar-refractivity contribution is 7.09. The van der Waals surface area contributed by atoms with Crippen molar-refractivity contribution in [3.63, 3.8) is 0 Å². The van der Waals surface area contributed by atoms with Crippen LogP contribution < -0.4 is 5.32 Å². The maximum absolute atomic E-state index is 4.43. The molecule has 0 spiro atoms. The first-order chi connectivity index (χ1) is 9.83. The van der Waals surface area contributed by atoms with Gasteiger partial charge in [0.1, 0.15) is 0 Å². The lowest BCUT2D eigenvalue weighted by atomic mass is 10.1. The number of thiazole rings is 1. The van der Waals surface area contributed by atoms with Gasteiger partial charge < -0.3 is 5.32 Å². The van der Waals surface area contributed by atoms with Crippen LogP contribution in [0, 0.1) is 6.92 Å². The maximum atomic E-state index is 4.43. The van der Waals surface area contributed by atoms with Crippen molar-refractivity contribution in [1.29, 1.82) is 0 Å². The first-order valence-electron chi connectivity index (χ1n) is 6.37. The Balaban J connectivity index is 1.65. The van der Waals surface area contributed by atoms with Gasteiger partial charge in [-0.15, -0.1) is 11.3 Å². The summed E-state index contributed by atoms with van der Waals surface area (Å²) in [5.74, 6) is 0. The normalized spacial score (nSPS) is 10.8. The topological polar surface area (TPSA) is 66.5 Å². The fourth-order valence-corrected chi connectivity index (χ4v) is 2.63. The van der Waals surface area contributed by atoms with E-state index in [4.69, 9.17) is 0 Å². The first-order valence-corrected chi connectivity index (χ1v) is 7.25. The molecule has 0 aliphatic rings. The standard InChI is InChI=1S/C14H15N5S/c1-10-18-13(9-20-10)8-16-6-12-7-17-19-14(12)11-3-2-4-15-5-11/h2-5,7,9,16H,6,8H2,1H3,(H,17,19). The number of pyridine rings is 1. The second-order valence-corrected chi connectivity index (χ2v) is 5.54. The number of aromatic amines is 1. The van der Waals surface area contributed by atoms with E-state index in [-0.39, 0.29) is 0 Å². The molecule has 0 aliphatic carbocycles. The summed E-state index contributed by atoms with van der Waals surface area (Å²) in [6.07, 6.45) is 5.45. The molecule has 3 aromatic heterocycles. The molecule has 102 valence electrons. The fraction of sp³-hybridized carbons (Fsp3) is 0.214. The van der Waals surface area contributed by atoms with Gasteiger partial charge in [0.25, 0.3) is 0 Å². The van der Waals surface area contributed by atoms with Crippen molar-refractivity contribution >= 4 is 11.3 Å². The van der Waals surface area contributed by atoms with Gasteiger partial charge in [0.15, 0.2) is 0 Å². The molecule has 0 saturated carbocycles. The van der Waals surface area contributed by atoms with Gasteiger partial charge >= 0.3 is 0 Å². The van der Waals surface area contributed by atoms with E-state index in [2.05, 4.69) is 30.9 Å². The molecule has 2 N–H and O–H groups in total. The molecular weight excluding hydrogens is 270 g/mol. The van der Waals surface area contributed by atoms with Crippen LogP contribution in [0.15, 0.2) is 36.1 Å². The zero-order valence-electron chi connectivity index (χ0n) is 11.1. The van der Waals surface area contributed by atoms with E-state index in [0.29, 0.717) is 0 Å². The highest BCUT2D eigenvalue weighted by Crippen LogP contribution is 2.19. The highest BCUT2D eigenvalue weighted by atomic mass is 32.1. The lowest BCUT2D eigenvalue weighted by Crippen LogP contribution is -2.13. The van der Waals surface area contributed by atoms with Gasteiger partial charge in [0.2, 0.25) is 0 Å². The molecule has 0 aliphatic heterocycles. The van der Waals surface area contributed by atoms with Gasteiger partial charge in [-0.1, -0.05) is 0 Å². The third kappa shape index (κ3) is 2.92. The number of nitrogens with zero attached hydrogens (tertiary/aromatic N) is 3. The Morgan fingerprint density at radius 2 is 2.25 bits per heavy atom. The van der Waals surface area contributed by atoms with Crippen LogP contribution in [-0.4, -0.2) is 20.2 Å². The average Bonchev–Trinajstić information content (AvgIpc) is 3.09. The van der Waals surface area contributed by atoms with E-state index in [1.165, 1.54) is 0 Å². The second-order valence-electron chi connectivity index (χ2n) is 4.47. The summed E-state index contributed by atoms with van der Waals surface area (Å²) in [6.45, 7) is 3.53. The number of nitrogens with one attached hydrogen (secondary N) is 2. The molecule has 5 nitrogen and oxygen atoms in total. The predicted molar refractivity (Wildman–Crippen MR) is 79.2 cm³/mol. The molecule has 3 aromatic rings. The number of rotatable bonds is 5. The maximum Gasteiger partial charge on any atom is 0.0897 e. The number of aryl methyl sites for hydroxylation is 1. The largest absolute Gasteiger partial charge is 0.307 e. The summed E-state index contributed by atoms with van der Waals surface area (Å²) in [5, 5.41) is 13.7. The Hall–Kier alpha value is -2.05. The minimum Gasteiger partial charge on any atom is -0.307 e. The molecule has 6 heteroatoms. The zero-order chi connectivity index (χ0) is 13.8. The van der Waals surface area contributed by atoms with Gasteiger partial charge in [-0.3, -0.25) is 10.1 Å². The SMILES string of the molecule is Cc1nc(CNCc2cn[nH]c2-c2cccnc2)cs1. The smallest absolute Gasteiger partial charge is 0.0897 e. The van der Waals surface area contributed by atoms with Gasteiger partial charge in [-0.25, -0.2) is 4.98 Å². The number of aromatic nitrogens is 4. The van der Waals surface area contributed by atoms with Crippen LogP contribution in [-0.2, 0) is 13.1 Å². The van der Waals surface area contributed by atoms with Crippen LogP contribution in [0.5, 0.6) is 0 Å². The van der Waals surface area contributed by atoms with Crippen LogP contribution in [0.1, 0.15) is 16.3 Å². The van der Waals surface area contributed by atoms with Crippen molar-refractivity contribution < 1.29 is 0 Å². The Labute approximate surface area is 121 Å². The summed E-state index contributed by atoms with van der Waals surface area (Å²) in [5.41, 5.74) is 4.27. The van der Waals surface area contributed by atoms with Crippen molar-refractivity contribution in [2.24, 2.45) is 0 Å². The highest BCUT2D eigenvalue weighted by Gasteiger charge is 2.07. The van der Waals surface area contributed by atoms with Crippen LogP contribution in [0.3, 0.4) is 0 Å². The molecule has 0 aromatic carbocycles. The molecule has 20 heavy (non-hydrogen) atoms. The minimum absolute atomic E-state index is 0.747. The van der Waals surface area contributed by atoms with Crippen LogP contribution >= 0.6 is 11.3 Å². The van der Waals surface area contributed by atoms with E-state index in [1.54, 1.807) is 17.5 Å². The van der Waals surface area contributed by atoms with E-state index >= 15 is 0 Å². The fourth-order valence-electron chi connectivity index (χ4n) is 2.02. The molecule has 3 rings (SSSR count). The first kappa shape index (κ1) is 13.0. The quantitative estimate of drug-likeness (QED) is 0.756. The monoisotopic (exact) mass is 285 g/mol. The van der Waals surface area contributed by atoms with Crippen LogP contribution in [0.25, 0.3) is 11.3 Å². The van der Waals surface area contributed by atoms with Gasteiger partial charge in [-0.2, -0.15) is 5.10 Å². The van der Waals surface area contributed by atoms with Gasteiger partial charge in [0, 0.05) is 42.0 Å². The molecule has 3 heterocycles. The van der Waals surface area contributed by atoms with Crippen molar-refractivity contribution in [1.82, 2.24) is 25.5 Å². The van der Waals surface area contributed by atoms with Crippen LogP contribution in [0.4, 0.5) is 0 Å². The van der Waals surface area contributed by atoms with Crippen molar-refractivity contribution in [3.8, 4) is 11.3 Å². The second kappa shape index (κ2) is 5.94. The molecular formula is C14H15N5S. The Bertz CT molecular complexity index is 674. The minimum atomic E-state index is 0.747. The molecule has 0 unspecified atom stereocenters. The zero-order valence-corrected chi connectivity index (χ0v) is 11.9. The summed E-state index contributed by atoms with van der Waals surface area (Å²) < 4.78 is 0. The Morgan fingerprint density at radius 3 is 3.00 bits per heavy atom. The number of H-pyrrole nitrogens is 1. The van der Waals surface area contributed by atoms with E-state index in [1.807, 2.05) is 31.5 Å². The molecule has 0 radical (unpaired) electrons. The number of hydrogen-bond acceptors (Lipinski definition) is 5. The van der Waals surface area contributed by atoms with Crippen molar-refractivity contribution in [2.45, 2.75) is 20.0 Å². The summed E-state index contributed by atoms with van der Waals surface area (Å²) in [4.78, 5) is 8.57. The lowest BCUT2D eigenvalue weighted by molar-refractivity contribution is 0.683. The predicted octanol–water partition coefficient (Wildman–Crippen LogP) is 2.53. The molecule has 0 bridgehead atoms. The van der Waals surface area contributed by atoms with Crippen molar-refractivity contribution in [2.75, 3.05) is 0 Å². The third-order valence-corrected chi connectivity index (χ3v) is 3.78. The molecule has 0 amide bonds. The van der Waals surface area contributed by atoms with Crippen molar-refractivity contribution in [3.05, 3.63) is 52.4 Å². The van der Waals surface area contributed by atoms with Gasteiger partial charge in [0.05, 0.1) is 22.6 Å². The summed E-state index contributed by atoms with van der Waals surface area (Å²) in [7, 11) is 0. The van der Waals surface area contributed by atoms with Crippen LogP contribution in [0.2, 0.25) is 0 Å². The molecule has 0 fully saturated rings.